The van der Waals surface area contributed by atoms with Gasteiger partial charge in [0.25, 0.3) is 0 Å². The summed E-state index contributed by atoms with van der Waals surface area (Å²) in [4.78, 5) is 17.1. The SMILES string of the molecule is CO[C@H](/C(=N/OCC(=O)CCc1ccccc1)[C@@H](O)[C@@H](C)O)C(C)C. The molecule has 0 saturated heterocycles. The zero-order valence-corrected chi connectivity index (χ0v) is 15.4. The topological polar surface area (TPSA) is 88.4 Å². The summed E-state index contributed by atoms with van der Waals surface area (Å²) in [7, 11) is 1.50. The van der Waals surface area contributed by atoms with E-state index in [4.69, 9.17) is 9.57 Å². The van der Waals surface area contributed by atoms with Crippen molar-refractivity contribution >= 4 is 11.5 Å². The van der Waals surface area contributed by atoms with Crippen LogP contribution in [0.4, 0.5) is 0 Å². The van der Waals surface area contributed by atoms with Gasteiger partial charge in [-0.3, -0.25) is 4.79 Å². The van der Waals surface area contributed by atoms with E-state index in [-0.39, 0.29) is 24.0 Å². The molecule has 2 N–H and O–H groups in total. The van der Waals surface area contributed by atoms with Crippen LogP contribution in [0.1, 0.15) is 32.8 Å². The minimum absolute atomic E-state index is 0.0227. The molecule has 0 heterocycles. The van der Waals surface area contributed by atoms with Gasteiger partial charge >= 0.3 is 0 Å². The average Bonchev–Trinajstić information content (AvgIpc) is 2.59. The lowest BCUT2D eigenvalue weighted by molar-refractivity contribution is -0.123. The van der Waals surface area contributed by atoms with Crippen molar-refractivity contribution in [2.24, 2.45) is 11.1 Å². The minimum atomic E-state index is -1.22. The fourth-order valence-corrected chi connectivity index (χ4v) is 2.44. The highest BCUT2D eigenvalue weighted by Gasteiger charge is 2.29. The lowest BCUT2D eigenvalue weighted by Crippen LogP contribution is -2.42. The van der Waals surface area contributed by atoms with Crippen molar-refractivity contribution in [2.45, 2.75) is 51.9 Å². The van der Waals surface area contributed by atoms with Crippen molar-refractivity contribution in [3.63, 3.8) is 0 Å². The number of aryl methyl sites for hydroxylation is 1. The van der Waals surface area contributed by atoms with Crippen molar-refractivity contribution in [3.8, 4) is 0 Å². The minimum Gasteiger partial charge on any atom is -0.390 e. The molecular weight excluding hydrogens is 322 g/mol. The summed E-state index contributed by atoms with van der Waals surface area (Å²) in [5.74, 6) is -0.0634. The van der Waals surface area contributed by atoms with Gasteiger partial charge in [0.1, 0.15) is 17.9 Å². The van der Waals surface area contributed by atoms with Crippen LogP contribution in [0.15, 0.2) is 35.5 Å². The number of methoxy groups -OCH3 is 1. The molecule has 0 amide bonds. The number of hydrogen-bond donors (Lipinski definition) is 2. The third-order valence-electron chi connectivity index (χ3n) is 3.84. The fourth-order valence-electron chi connectivity index (χ4n) is 2.44. The van der Waals surface area contributed by atoms with Gasteiger partial charge in [0, 0.05) is 13.5 Å². The predicted octanol–water partition coefficient (Wildman–Crippen LogP) is 1.97. The van der Waals surface area contributed by atoms with E-state index in [1.54, 1.807) is 0 Å². The first-order valence-corrected chi connectivity index (χ1v) is 8.51. The maximum Gasteiger partial charge on any atom is 0.175 e. The van der Waals surface area contributed by atoms with E-state index >= 15 is 0 Å². The first-order chi connectivity index (χ1) is 11.9. The van der Waals surface area contributed by atoms with Gasteiger partial charge < -0.3 is 19.8 Å². The Balaban J connectivity index is 2.62. The smallest absolute Gasteiger partial charge is 0.175 e. The first-order valence-electron chi connectivity index (χ1n) is 8.51. The van der Waals surface area contributed by atoms with Gasteiger partial charge in [-0.15, -0.1) is 0 Å². The maximum absolute atomic E-state index is 11.9. The Bertz CT molecular complexity index is 542. The molecule has 0 spiro atoms. The van der Waals surface area contributed by atoms with Gasteiger partial charge in [-0.05, 0) is 24.8 Å². The van der Waals surface area contributed by atoms with Crippen molar-refractivity contribution < 1.29 is 24.6 Å². The fraction of sp³-hybridized carbons (Fsp3) is 0.579. The number of oxime groups is 1. The quantitative estimate of drug-likeness (QED) is 0.470. The highest BCUT2D eigenvalue weighted by molar-refractivity contribution is 5.93. The number of carbonyl (C=O) groups is 1. The summed E-state index contributed by atoms with van der Waals surface area (Å²) in [6.07, 6.45) is -1.75. The van der Waals surface area contributed by atoms with Crippen LogP contribution in [0.5, 0.6) is 0 Å². The van der Waals surface area contributed by atoms with Gasteiger partial charge in [-0.25, -0.2) is 0 Å². The maximum atomic E-state index is 11.9. The normalized spacial score (nSPS) is 15.7. The molecule has 6 heteroatoms. The Kier molecular flexibility index (Phi) is 9.34. The van der Waals surface area contributed by atoms with Crippen LogP contribution in [-0.4, -0.2) is 53.7 Å². The van der Waals surface area contributed by atoms with Crippen LogP contribution < -0.4 is 0 Å². The van der Waals surface area contributed by atoms with Gasteiger partial charge in [-0.2, -0.15) is 0 Å². The number of Topliss-reactive ketones (excluding diaryl/α,β-unsaturated/α-hetero) is 1. The highest BCUT2D eigenvalue weighted by Crippen LogP contribution is 2.13. The number of nitrogens with zero attached hydrogens (tertiary/aromatic N) is 1. The number of carbonyl (C=O) groups excluding carboxylic acids is 1. The number of hydrogen-bond acceptors (Lipinski definition) is 6. The van der Waals surface area contributed by atoms with E-state index < -0.39 is 18.3 Å². The molecule has 0 unspecified atom stereocenters. The van der Waals surface area contributed by atoms with Crippen LogP contribution in [0.3, 0.4) is 0 Å². The summed E-state index contributed by atoms with van der Waals surface area (Å²) in [6, 6.07) is 9.73. The lowest BCUT2D eigenvalue weighted by Gasteiger charge is -2.25. The highest BCUT2D eigenvalue weighted by atomic mass is 16.6. The van der Waals surface area contributed by atoms with Crippen molar-refractivity contribution in [1.29, 1.82) is 0 Å². The van der Waals surface area contributed by atoms with Gasteiger partial charge in [0.15, 0.2) is 12.4 Å². The molecule has 1 aromatic carbocycles. The number of benzene rings is 1. The second kappa shape index (κ2) is 11.0. The first kappa shape index (κ1) is 21.3. The van der Waals surface area contributed by atoms with E-state index in [1.807, 2.05) is 44.2 Å². The Morgan fingerprint density at radius 1 is 1.16 bits per heavy atom. The molecule has 6 nitrogen and oxygen atoms in total. The second-order valence-electron chi connectivity index (χ2n) is 6.40. The van der Waals surface area contributed by atoms with Crippen LogP contribution in [0.2, 0.25) is 0 Å². The van der Waals surface area contributed by atoms with Crippen molar-refractivity contribution in [1.82, 2.24) is 0 Å². The third-order valence-corrected chi connectivity index (χ3v) is 3.84. The largest absolute Gasteiger partial charge is 0.390 e. The molecule has 0 aliphatic heterocycles. The lowest BCUT2D eigenvalue weighted by atomic mass is 9.96. The Hall–Kier alpha value is -1.76. The molecular formula is C19H29NO5. The number of ether oxygens (including phenoxy) is 1. The number of aliphatic hydroxyl groups excluding tert-OH is 2. The molecule has 0 fully saturated rings. The van der Waals surface area contributed by atoms with Gasteiger partial charge in [0.2, 0.25) is 0 Å². The molecule has 1 aromatic rings. The molecule has 140 valence electrons. The van der Waals surface area contributed by atoms with Crippen LogP contribution in [0, 0.1) is 5.92 Å². The third kappa shape index (κ3) is 7.34. The molecule has 0 aliphatic carbocycles. The molecule has 1 rings (SSSR count). The molecule has 3 atom stereocenters. The summed E-state index contributed by atoms with van der Waals surface area (Å²) in [5.41, 5.74) is 1.27. The Labute approximate surface area is 149 Å². The van der Waals surface area contributed by atoms with Gasteiger partial charge in [0.05, 0.1) is 6.10 Å². The predicted molar refractivity (Wildman–Crippen MR) is 96.5 cm³/mol. The number of rotatable bonds is 11. The van der Waals surface area contributed by atoms with E-state index in [1.165, 1.54) is 14.0 Å². The van der Waals surface area contributed by atoms with Gasteiger partial charge in [-0.1, -0.05) is 49.3 Å². The molecule has 0 saturated carbocycles. The molecule has 0 aromatic heterocycles. The second-order valence-corrected chi connectivity index (χ2v) is 6.40. The van der Waals surface area contributed by atoms with E-state index in [0.717, 1.165) is 5.56 Å². The van der Waals surface area contributed by atoms with Crippen LogP contribution in [-0.2, 0) is 20.8 Å². The molecule has 25 heavy (non-hydrogen) atoms. The summed E-state index contributed by atoms with van der Waals surface area (Å²) in [5, 5.41) is 23.6. The summed E-state index contributed by atoms with van der Waals surface area (Å²) >= 11 is 0. The van der Waals surface area contributed by atoms with Crippen LogP contribution in [0.25, 0.3) is 0 Å². The number of aliphatic hydroxyl groups is 2. The monoisotopic (exact) mass is 351 g/mol. The standard InChI is InChI=1S/C19H29NO5/c1-13(2)19(24-4)17(18(23)14(3)21)20-25-12-16(22)11-10-15-8-6-5-7-9-15/h5-9,13-14,18-19,21,23H,10-12H2,1-4H3/b20-17+/t14-,18+,19+/m1/s1. The Morgan fingerprint density at radius 3 is 2.32 bits per heavy atom. The molecule has 0 aliphatic rings. The average molecular weight is 351 g/mol. The van der Waals surface area contributed by atoms with Crippen LogP contribution >= 0.6 is 0 Å². The zero-order chi connectivity index (χ0) is 18.8. The van der Waals surface area contributed by atoms with E-state index in [9.17, 15) is 15.0 Å². The number of ketones is 1. The molecule has 0 radical (unpaired) electrons. The van der Waals surface area contributed by atoms with Crippen molar-refractivity contribution in [2.75, 3.05) is 13.7 Å². The Morgan fingerprint density at radius 2 is 1.80 bits per heavy atom. The van der Waals surface area contributed by atoms with E-state index in [0.29, 0.717) is 12.8 Å². The van der Waals surface area contributed by atoms with Crippen molar-refractivity contribution in [3.05, 3.63) is 35.9 Å². The zero-order valence-electron chi connectivity index (χ0n) is 15.4. The molecule has 0 bridgehead atoms. The summed E-state index contributed by atoms with van der Waals surface area (Å²) in [6.45, 7) is 5.09. The summed E-state index contributed by atoms with van der Waals surface area (Å²) < 4.78 is 5.34. The van der Waals surface area contributed by atoms with E-state index in [2.05, 4.69) is 5.16 Å².